The van der Waals surface area contributed by atoms with Crippen molar-refractivity contribution in [1.29, 1.82) is 0 Å². The van der Waals surface area contributed by atoms with Gasteiger partial charge in [0.05, 0.1) is 32.3 Å². The van der Waals surface area contributed by atoms with Crippen LogP contribution in [-0.2, 0) is 17.6 Å². The highest BCUT2D eigenvalue weighted by molar-refractivity contribution is 7.16. The summed E-state index contributed by atoms with van der Waals surface area (Å²) in [6, 6.07) is 15.2. The molecule has 0 N–H and O–H groups in total. The minimum Gasteiger partial charge on any atom is -0.497 e. The summed E-state index contributed by atoms with van der Waals surface area (Å²) in [6.07, 6.45) is 4.04. The Labute approximate surface area is 201 Å². The summed E-state index contributed by atoms with van der Waals surface area (Å²) < 4.78 is 22.1. The molecule has 0 bridgehead atoms. The molecule has 1 aliphatic carbocycles. The lowest BCUT2D eigenvalue weighted by Crippen LogP contribution is -2.08. The Bertz CT molecular complexity index is 1430. The summed E-state index contributed by atoms with van der Waals surface area (Å²) in [6.45, 7) is 0. The Hall–Kier alpha value is -3.58. The van der Waals surface area contributed by atoms with E-state index >= 15 is 0 Å². The van der Waals surface area contributed by atoms with Crippen molar-refractivity contribution in [2.75, 3.05) is 21.3 Å². The van der Waals surface area contributed by atoms with Crippen LogP contribution in [0.1, 0.15) is 33.6 Å². The van der Waals surface area contributed by atoms with E-state index in [4.69, 9.17) is 23.6 Å². The molecule has 0 saturated heterocycles. The monoisotopic (exact) mass is 475 g/mol. The molecule has 7 heteroatoms. The smallest absolute Gasteiger partial charge is 0.341 e. The molecule has 0 aliphatic heterocycles. The number of aryl methyl sites for hydroxylation is 1. The topological polar surface area (TPSA) is 70.3 Å². The first kappa shape index (κ1) is 22.2. The fraction of sp³-hybridized carbons (Fsp3) is 0.259. The zero-order chi connectivity index (χ0) is 23.7. The number of carbonyl (C=O) groups is 1. The maximum atomic E-state index is 12.7. The summed E-state index contributed by atoms with van der Waals surface area (Å²) in [4.78, 5) is 19.0. The van der Waals surface area contributed by atoms with Gasteiger partial charge in [0.25, 0.3) is 0 Å². The number of nitrogens with zero attached hydrogens (tertiary/aromatic N) is 1. The van der Waals surface area contributed by atoms with Crippen LogP contribution in [0.2, 0.25) is 0 Å². The van der Waals surface area contributed by atoms with Gasteiger partial charge in [-0.05, 0) is 73.7 Å². The molecule has 5 rings (SSSR count). The molecule has 1 aliphatic rings. The van der Waals surface area contributed by atoms with Crippen LogP contribution >= 0.6 is 11.3 Å². The van der Waals surface area contributed by atoms with Crippen molar-refractivity contribution < 1.29 is 23.4 Å². The second kappa shape index (κ2) is 9.35. The van der Waals surface area contributed by atoms with Gasteiger partial charge >= 0.3 is 5.97 Å². The zero-order valence-electron chi connectivity index (χ0n) is 19.3. The number of hydrogen-bond donors (Lipinski definition) is 0. The molecular formula is C27H25NO5S. The molecule has 2 aromatic carbocycles. The number of thiophene rings is 1. The van der Waals surface area contributed by atoms with Crippen LogP contribution in [0.15, 0.2) is 57.9 Å². The maximum Gasteiger partial charge on any atom is 0.341 e. The van der Waals surface area contributed by atoms with E-state index in [1.807, 2.05) is 48.5 Å². The lowest BCUT2D eigenvalue weighted by molar-refractivity contribution is 0.0600. The average Bonchev–Trinajstić information content (AvgIpc) is 3.25. The Kier molecular flexibility index (Phi) is 6.11. The van der Waals surface area contributed by atoms with E-state index in [2.05, 4.69) is 0 Å². The second-order valence-corrected chi connectivity index (χ2v) is 9.16. The van der Waals surface area contributed by atoms with Gasteiger partial charge < -0.3 is 18.6 Å². The first-order valence-electron chi connectivity index (χ1n) is 11.1. The van der Waals surface area contributed by atoms with Crippen LogP contribution in [0.5, 0.6) is 11.5 Å². The van der Waals surface area contributed by atoms with Gasteiger partial charge in [-0.15, -0.1) is 11.3 Å². The van der Waals surface area contributed by atoms with Crippen LogP contribution in [-0.4, -0.2) is 27.3 Å². The third-order valence-electron chi connectivity index (χ3n) is 6.09. The molecule has 34 heavy (non-hydrogen) atoms. The standard InChI is InChI=1S/C27H25NO5S/c1-30-17-10-8-16(9-11-17)23-15-21(20-14-18(31-2)12-13-22(20)33-23)28-26-25(27(29)32-3)19-6-4-5-7-24(19)34-26/h8-15H,4-7H2,1-3H3. The highest BCUT2D eigenvalue weighted by Crippen LogP contribution is 2.40. The lowest BCUT2D eigenvalue weighted by atomic mass is 9.95. The molecule has 6 nitrogen and oxygen atoms in total. The number of ether oxygens (including phenoxy) is 3. The van der Waals surface area contributed by atoms with Crippen molar-refractivity contribution in [3.05, 3.63) is 69.9 Å². The predicted octanol–water partition coefficient (Wildman–Crippen LogP) is 6.08. The summed E-state index contributed by atoms with van der Waals surface area (Å²) in [7, 11) is 4.69. The Balaban J connectivity index is 1.76. The Morgan fingerprint density at radius 2 is 1.68 bits per heavy atom. The minimum absolute atomic E-state index is 0.337. The quantitative estimate of drug-likeness (QED) is 0.327. The van der Waals surface area contributed by atoms with E-state index in [-0.39, 0.29) is 5.97 Å². The molecular weight excluding hydrogens is 450 g/mol. The summed E-state index contributed by atoms with van der Waals surface area (Å²) in [5.41, 5.74) is 3.24. The third-order valence-corrected chi connectivity index (χ3v) is 7.27. The largest absolute Gasteiger partial charge is 0.497 e. The highest BCUT2D eigenvalue weighted by atomic mass is 32.1. The van der Waals surface area contributed by atoms with Crippen molar-refractivity contribution in [3.8, 4) is 22.8 Å². The normalized spacial score (nSPS) is 13.6. The molecule has 0 amide bonds. The van der Waals surface area contributed by atoms with E-state index in [1.54, 1.807) is 25.6 Å². The SMILES string of the molecule is COC(=O)c1c(N=c2cc(-c3ccc(OC)cc3)oc3ccc(OC)cc23)sc2c1CCCC2. The fourth-order valence-electron chi connectivity index (χ4n) is 4.32. The average molecular weight is 476 g/mol. The van der Waals surface area contributed by atoms with Crippen molar-refractivity contribution in [1.82, 2.24) is 0 Å². The number of fused-ring (bicyclic) bond motifs is 2. The van der Waals surface area contributed by atoms with Crippen LogP contribution < -0.4 is 14.8 Å². The van der Waals surface area contributed by atoms with Crippen LogP contribution in [0.25, 0.3) is 22.3 Å². The molecule has 0 unspecified atom stereocenters. The molecule has 2 heterocycles. The Morgan fingerprint density at radius 1 is 0.941 bits per heavy atom. The highest BCUT2D eigenvalue weighted by Gasteiger charge is 2.26. The summed E-state index contributed by atoms with van der Waals surface area (Å²) in [5, 5.41) is 2.18. The van der Waals surface area contributed by atoms with Crippen molar-refractivity contribution in [2.45, 2.75) is 25.7 Å². The molecule has 0 radical (unpaired) electrons. The van der Waals surface area contributed by atoms with Crippen LogP contribution in [0.3, 0.4) is 0 Å². The van der Waals surface area contributed by atoms with E-state index < -0.39 is 0 Å². The molecule has 2 aromatic heterocycles. The van der Waals surface area contributed by atoms with Gasteiger partial charge in [-0.3, -0.25) is 0 Å². The fourth-order valence-corrected chi connectivity index (χ4v) is 5.58. The van der Waals surface area contributed by atoms with Gasteiger partial charge in [-0.2, -0.15) is 0 Å². The zero-order valence-corrected chi connectivity index (χ0v) is 20.2. The minimum atomic E-state index is -0.337. The summed E-state index contributed by atoms with van der Waals surface area (Å²) in [5.74, 6) is 1.80. The van der Waals surface area contributed by atoms with E-state index in [9.17, 15) is 4.79 Å². The predicted molar refractivity (Wildman–Crippen MR) is 132 cm³/mol. The van der Waals surface area contributed by atoms with E-state index in [0.29, 0.717) is 33.0 Å². The van der Waals surface area contributed by atoms with Gasteiger partial charge in [0, 0.05) is 21.9 Å². The van der Waals surface area contributed by atoms with Crippen molar-refractivity contribution >= 4 is 33.3 Å². The first-order valence-corrected chi connectivity index (χ1v) is 12.0. The first-order chi connectivity index (χ1) is 16.6. The molecule has 0 fully saturated rings. The van der Waals surface area contributed by atoms with Gasteiger partial charge in [0.15, 0.2) is 0 Å². The van der Waals surface area contributed by atoms with Gasteiger partial charge in [0.1, 0.15) is 27.8 Å². The van der Waals surface area contributed by atoms with Crippen LogP contribution in [0.4, 0.5) is 5.00 Å². The molecule has 4 aromatic rings. The Morgan fingerprint density at radius 3 is 2.41 bits per heavy atom. The second-order valence-electron chi connectivity index (χ2n) is 8.08. The molecule has 0 saturated carbocycles. The number of methoxy groups -OCH3 is 3. The van der Waals surface area contributed by atoms with Gasteiger partial charge in [0.2, 0.25) is 0 Å². The number of carbonyl (C=O) groups excluding carboxylic acids is 1. The third kappa shape index (κ3) is 4.07. The van der Waals surface area contributed by atoms with Gasteiger partial charge in [-0.1, -0.05) is 0 Å². The van der Waals surface area contributed by atoms with Crippen LogP contribution in [0, 0.1) is 0 Å². The number of benzene rings is 2. The molecule has 0 atom stereocenters. The van der Waals surface area contributed by atoms with Gasteiger partial charge in [-0.25, -0.2) is 9.79 Å². The van der Waals surface area contributed by atoms with Crippen molar-refractivity contribution in [2.24, 2.45) is 4.99 Å². The van der Waals surface area contributed by atoms with E-state index in [0.717, 1.165) is 47.9 Å². The lowest BCUT2D eigenvalue weighted by Gasteiger charge is -2.11. The number of rotatable bonds is 5. The van der Waals surface area contributed by atoms with Crippen molar-refractivity contribution in [3.63, 3.8) is 0 Å². The van der Waals surface area contributed by atoms with E-state index in [1.165, 1.54) is 12.0 Å². The molecule has 174 valence electrons. The number of esters is 1. The maximum absolute atomic E-state index is 12.7. The number of hydrogen-bond acceptors (Lipinski definition) is 7. The summed E-state index contributed by atoms with van der Waals surface area (Å²) >= 11 is 1.58. The molecule has 0 spiro atoms.